The van der Waals surface area contributed by atoms with Crippen LogP contribution in [0.25, 0.3) is 0 Å². The van der Waals surface area contributed by atoms with Crippen molar-refractivity contribution in [2.75, 3.05) is 11.9 Å². The number of hydrogen-bond donors (Lipinski definition) is 1. The molecule has 2 atom stereocenters. The van der Waals surface area contributed by atoms with Gasteiger partial charge >= 0.3 is 0 Å². The van der Waals surface area contributed by atoms with Crippen LogP contribution in [-0.4, -0.2) is 17.1 Å². The highest BCUT2D eigenvalue weighted by Gasteiger charge is 2.16. The number of halogens is 1. The molecule has 1 aromatic heterocycles. The lowest BCUT2D eigenvalue weighted by molar-refractivity contribution is 0.199. The minimum absolute atomic E-state index is 0.0976. The molecule has 0 radical (unpaired) electrons. The van der Waals surface area contributed by atoms with E-state index in [9.17, 15) is 5.11 Å². The van der Waals surface area contributed by atoms with E-state index in [4.69, 9.17) is 11.6 Å². The van der Waals surface area contributed by atoms with Crippen LogP contribution in [0.4, 0.5) is 5.82 Å². The molecule has 1 N–H and O–H groups in total. The summed E-state index contributed by atoms with van der Waals surface area (Å²) >= 11 is 6.25. The first-order chi connectivity index (χ1) is 9.50. The van der Waals surface area contributed by atoms with Crippen LogP contribution >= 0.6 is 11.6 Å². The number of aliphatic hydroxyl groups is 1. The molecule has 2 unspecified atom stereocenters. The van der Waals surface area contributed by atoms with Gasteiger partial charge in [0, 0.05) is 18.3 Å². The third-order valence-corrected chi connectivity index (χ3v) is 3.89. The first-order valence-corrected chi connectivity index (χ1v) is 6.99. The molecule has 1 aromatic carbocycles. The molecule has 0 aliphatic carbocycles. The summed E-state index contributed by atoms with van der Waals surface area (Å²) in [4.78, 5) is 6.42. The zero-order valence-corrected chi connectivity index (χ0v) is 12.7. The summed E-state index contributed by atoms with van der Waals surface area (Å²) in [5.41, 5.74) is 1.91. The molecule has 0 fully saturated rings. The van der Waals surface area contributed by atoms with Crippen molar-refractivity contribution in [2.24, 2.45) is 0 Å². The average Bonchev–Trinajstić information content (AvgIpc) is 2.46. The number of anilines is 1. The van der Waals surface area contributed by atoms with Gasteiger partial charge in [0.05, 0.1) is 12.1 Å². The fraction of sp³-hybridized carbons (Fsp3) is 0.312. The summed E-state index contributed by atoms with van der Waals surface area (Å²) < 4.78 is 0. The standard InChI is InChI=1S/C16H19ClN2O/c1-11(14-6-4-5-7-15(14)17)19(3)16-10-13(12(2)20)8-9-18-16/h4-12,20H,1-3H3. The smallest absolute Gasteiger partial charge is 0.129 e. The second kappa shape index (κ2) is 6.25. The van der Waals surface area contributed by atoms with E-state index in [-0.39, 0.29) is 6.04 Å². The Bertz CT molecular complexity index is 586. The minimum atomic E-state index is -0.499. The Morgan fingerprint density at radius 3 is 2.55 bits per heavy atom. The van der Waals surface area contributed by atoms with Crippen LogP contribution in [0.5, 0.6) is 0 Å². The van der Waals surface area contributed by atoms with Crippen molar-refractivity contribution in [2.45, 2.75) is 26.0 Å². The van der Waals surface area contributed by atoms with Gasteiger partial charge in [-0.3, -0.25) is 0 Å². The van der Waals surface area contributed by atoms with E-state index >= 15 is 0 Å². The van der Waals surface area contributed by atoms with E-state index < -0.39 is 6.10 Å². The molecule has 0 saturated heterocycles. The van der Waals surface area contributed by atoms with Crippen molar-refractivity contribution >= 4 is 17.4 Å². The van der Waals surface area contributed by atoms with Gasteiger partial charge in [0.25, 0.3) is 0 Å². The SMILES string of the molecule is CC(O)c1ccnc(N(C)C(C)c2ccccc2Cl)c1. The Kier molecular flexibility index (Phi) is 4.63. The molecule has 4 heteroatoms. The van der Waals surface area contributed by atoms with Crippen LogP contribution in [0, 0.1) is 0 Å². The van der Waals surface area contributed by atoms with Crippen molar-refractivity contribution < 1.29 is 5.11 Å². The summed E-state index contributed by atoms with van der Waals surface area (Å²) in [6.07, 6.45) is 1.22. The molecule has 20 heavy (non-hydrogen) atoms. The van der Waals surface area contributed by atoms with Gasteiger partial charge in [0.1, 0.15) is 5.82 Å². The highest BCUT2D eigenvalue weighted by molar-refractivity contribution is 6.31. The quantitative estimate of drug-likeness (QED) is 0.925. The van der Waals surface area contributed by atoms with Gasteiger partial charge in [-0.1, -0.05) is 29.8 Å². The zero-order valence-electron chi connectivity index (χ0n) is 11.9. The zero-order chi connectivity index (χ0) is 14.7. The number of aromatic nitrogens is 1. The predicted molar refractivity (Wildman–Crippen MR) is 83.1 cm³/mol. The van der Waals surface area contributed by atoms with Crippen LogP contribution in [0.15, 0.2) is 42.6 Å². The van der Waals surface area contributed by atoms with E-state index in [1.54, 1.807) is 13.1 Å². The average molecular weight is 291 g/mol. The van der Waals surface area contributed by atoms with Gasteiger partial charge in [-0.15, -0.1) is 0 Å². The molecule has 0 aliphatic heterocycles. The third kappa shape index (κ3) is 3.11. The fourth-order valence-electron chi connectivity index (χ4n) is 2.11. The molecule has 3 nitrogen and oxygen atoms in total. The molecule has 1 heterocycles. The molecule has 0 saturated carbocycles. The van der Waals surface area contributed by atoms with Gasteiger partial charge in [0.15, 0.2) is 0 Å². The Balaban J connectivity index is 2.29. The minimum Gasteiger partial charge on any atom is -0.389 e. The molecule has 106 valence electrons. The largest absolute Gasteiger partial charge is 0.389 e. The normalized spacial score (nSPS) is 13.8. The Morgan fingerprint density at radius 1 is 1.20 bits per heavy atom. The van der Waals surface area contributed by atoms with Gasteiger partial charge in [-0.2, -0.15) is 0 Å². The summed E-state index contributed by atoms with van der Waals surface area (Å²) in [6, 6.07) is 11.6. The number of hydrogen-bond acceptors (Lipinski definition) is 3. The predicted octanol–water partition coefficient (Wildman–Crippen LogP) is 3.99. The van der Waals surface area contributed by atoms with E-state index in [2.05, 4.69) is 11.9 Å². The molecule has 2 rings (SSSR count). The Labute approximate surface area is 124 Å². The van der Waals surface area contributed by atoms with Crippen LogP contribution < -0.4 is 4.90 Å². The molecular weight excluding hydrogens is 272 g/mol. The number of rotatable bonds is 4. The first-order valence-electron chi connectivity index (χ1n) is 6.62. The lowest BCUT2D eigenvalue weighted by Crippen LogP contribution is -2.23. The van der Waals surface area contributed by atoms with Crippen molar-refractivity contribution in [1.82, 2.24) is 4.98 Å². The van der Waals surface area contributed by atoms with Crippen LogP contribution in [0.1, 0.15) is 37.1 Å². The van der Waals surface area contributed by atoms with Crippen LogP contribution in [-0.2, 0) is 0 Å². The maximum Gasteiger partial charge on any atom is 0.129 e. The highest BCUT2D eigenvalue weighted by Crippen LogP contribution is 2.29. The molecule has 0 aliphatic rings. The maximum absolute atomic E-state index is 9.66. The van der Waals surface area contributed by atoms with E-state index in [1.807, 2.05) is 48.3 Å². The van der Waals surface area contributed by atoms with Crippen molar-refractivity contribution in [1.29, 1.82) is 0 Å². The first kappa shape index (κ1) is 14.8. The number of nitrogens with zero attached hydrogens (tertiary/aromatic N) is 2. The Morgan fingerprint density at radius 2 is 1.90 bits per heavy atom. The number of aliphatic hydroxyl groups excluding tert-OH is 1. The van der Waals surface area contributed by atoms with Crippen molar-refractivity contribution in [3.8, 4) is 0 Å². The molecule has 2 aromatic rings. The van der Waals surface area contributed by atoms with Crippen LogP contribution in [0.2, 0.25) is 5.02 Å². The fourth-order valence-corrected chi connectivity index (χ4v) is 2.40. The lowest BCUT2D eigenvalue weighted by atomic mass is 10.1. The van der Waals surface area contributed by atoms with Gasteiger partial charge in [-0.05, 0) is 43.2 Å². The number of pyridine rings is 1. The molecule has 0 amide bonds. The third-order valence-electron chi connectivity index (χ3n) is 3.55. The lowest BCUT2D eigenvalue weighted by Gasteiger charge is -2.27. The second-order valence-corrected chi connectivity index (χ2v) is 5.34. The van der Waals surface area contributed by atoms with Crippen molar-refractivity contribution in [3.05, 3.63) is 58.7 Å². The number of benzene rings is 1. The van der Waals surface area contributed by atoms with E-state index in [0.717, 1.165) is 22.0 Å². The summed E-state index contributed by atoms with van der Waals surface area (Å²) in [5, 5.41) is 10.4. The highest BCUT2D eigenvalue weighted by atomic mass is 35.5. The van der Waals surface area contributed by atoms with E-state index in [1.165, 1.54) is 0 Å². The van der Waals surface area contributed by atoms with Crippen LogP contribution in [0.3, 0.4) is 0 Å². The van der Waals surface area contributed by atoms with Gasteiger partial charge in [-0.25, -0.2) is 4.98 Å². The molecule has 0 bridgehead atoms. The summed E-state index contributed by atoms with van der Waals surface area (Å²) in [5.74, 6) is 0.816. The maximum atomic E-state index is 9.66. The summed E-state index contributed by atoms with van der Waals surface area (Å²) in [6.45, 7) is 3.83. The second-order valence-electron chi connectivity index (χ2n) is 4.93. The van der Waals surface area contributed by atoms with Crippen molar-refractivity contribution in [3.63, 3.8) is 0 Å². The monoisotopic (exact) mass is 290 g/mol. The van der Waals surface area contributed by atoms with Gasteiger partial charge in [0.2, 0.25) is 0 Å². The summed E-state index contributed by atoms with van der Waals surface area (Å²) in [7, 11) is 1.97. The Hall–Kier alpha value is -1.58. The topological polar surface area (TPSA) is 36.4 Å². The van der Waals surface area contributed by atoms with Gasteiger partial charge < -0.3 is 10.0 Å². The van der Waals surface area contributed by atoms with E-state index in [0.29, 0.717) is 0 Å². The molecule has 0 spiro atoms. The molecular formula is C16H19ClN2O.